The molecular weight excluding hydrogens is 352 g/mol. The standard InChI is InChI=1S/C18H18N4O5/c1-27-16-7-5-14(6-8-16)20-17(23)9-10-18(24)21-19-12-13-3-2-4-15(11-13)22(25)26/h2-8,11-12H,9-10H2,1H3,(H,20,23)(H,21,24)/b19-12+. The number of ether oxygens (including phenoxy) is 1. The molecule has 0 saturated carbocycles. The van der Waals surface area contributed by atoms with Crippen LogP contribution in [0.3, 0.4) is 0 Å². The molecule has 0 bridgehead atoms. The zero-order chi connectivity index (χ0) is 19.6. The average Bonchev–Trinajstić information content (AvgIpc) is 2.67. The van der Waals surface area contributed by atoms with Crippen molar-refractivity contribution in [2.24, 2.45) is 5.10 Å². The molecule has 2 aromatic carbocycles. The minimum atomic E-state index is -0.517. The topological polar surface area (TPSA) is 123 Å². The number of benzene rings is 2. The Morgan fingerprint density at radius 2 is 1.85 bits per heavy atom. The van der Waals surface area contributed by atoms with Gasteiger partial charge in [0.1, 0.15) is 5.75 Å². The zero-order valence-electron chi connectivity index (χ0n) is 14.5. The second kappa shape index (κ2) is 9.66. The van der Waals surface area contributed by atoms with Crippen molar-refractivity contribution in [1.29, 1.82) is 0 Å². The van der Waals surface area contributed by atoms with Gasteiger partial charge in [-0.1, -0.05) is 12.1 Å². The number of hydrogen-bond acceptors (Lipinski definition) is 6. The second-order valence-electron chi connectivity index (χ2n) is 5.42. The van der Waals surface area contributed by atoms with E-state index in [4.69, 9.17) is 4.74 Å². The number of anilines is 1. The fraction of sp³-hybridized carbons (Fsp3) is 0.167. The number of non-ortho nitro benzene ring substituents is 1. The molecule has 0 fully saturated rings. The number of rotatable bonds is 8. The lowest BCUT2D eigenvalue weighted by atomic mass is 10.2. The van der Waals surface area contributed by atoms with Gasteiger partial charge in [0, 0.05) is 36.2 Å². The van der Waals surface area contributed by atoms with Crippen LogP contribution in [-0.2, 0) is 9.59 Å². The van der Waals surface area contributed by atoms with E-state index in [9.17, 15) is 19.7 Å². The van der Waals surface area contributed by atoms with Crippen LogP contribution in [0.2, 0.25) is 0 Å². The Morgan fingerprint density at radius 3 is 2.52 bits per heavy atom. The van der Waals surface area contributed by atoms with Gasteiger partial charge in [-0.15, -0.1) is 0 Å². The summed E-state index contributed by atoms with van der Waals surface area (Å²) in [5.74, 6) is -0.0754. The quantitative estimate of drug-likeness (QED) is 0.420. The molecule has 0 aliphatic carbocycles. The van der Waals surface area contributed by atoms with E-state index in [1.807, 2.05) is 0 Å². The minimum absolute atomic E-state index is 0.00973. The van der Waals surface area contributed by atoms with Crippen molar-refractivity contribution in [3.05, 3.63) is 64.2 Å². The summed E-state index contributed by atoms with van der Waals surface area (Å²) in [5.41, 5.74) is 3.28. The summed E-state index contributed by atoms with van der Waals surface area (Å²) in [7, 11) is 1.55. The molecule has 0 unspecified atom stereocenters. The van der Waals surface area contributed by atoms with Crippen molar-refractivity contribution in [2.75, 3.05) is 12.4 Å². The maximum atomic E-state index is 11.8. The molecule has 0 heterocycles. The monoisotopic (exact) mass is 370 g/mol. The summed E-state index contributed by atoms with van der Waals surface area (Å²) in [6.07, 6.45) is 1.24. The number of carbonyl (C=O) groups is 2. The first-order valence-electron chi connectivity index (χ1n) is 7.98. The van der Waals surface area contributed by atoms with Gasteiger partial charge in [-0.3, -0.25) is 19.7 Å². The third kappa shape index (κ3) is 6.58. The van der Waals surface area contributed by atoms with E-state index in [2.05, 4.69) is 15.8 Å². The maximum absolute atomic E-state index is 11.8. The van der Waals surface area contributed by atoms with Gasteiger partial charge in [-0.05, 0) is 24.3 Å². The fourth-order valence-electron chi connectivity index (χ4n) is 2.08. The molecule has 0 aliphatic heterocycles. The van der Waals surface area contributed by atoms with E-state index in [0.717, 1.165) is 0 Å². The van der Waals surface area contributed by atoms with Crippen LogP contribution in [0.1, 0.15) is 18.4 Å². The summed E-state index contributed by atoms with van der Waals surface area (Å²) in [4.78, 5) is 33.7. The Hall–Kier alpha value is -3.75. The van der Waals surface area contributed by atoms with E-state index < -0.39 is 10.8 Å². The highest BCUT2D eigenvalue weighted by Gasteiger charge is 2.07. The molecule has 0 atom stereocenters. The second-order valence-corrected chi connectivity index (χ2v) is 5.42. The van der Waals surface area contributed by atoms with Gasteiger partial charge in [0.2, 0.25) is 11.8 Å². The first kappa shape index (κ1) is 19.6. The molecular formula is C18H18N4O5. The van der Waals surface area contributed by atoms with Gasteiger partial charge in [0.15, 0.2) is 0 Å². The fourth-order valence-corrected chi connectivity index (χ4v) is 2.08. The zero-order valence-corrected chi connectivity index (χ0v) is 14.5. The first-order valence-corrected chi connectivity index (χ1v) is 7.98. The van der Waals surface area contributed by atoms with Crippen molar-refractivity contribution < 1.29 is 19.2 Å². The highest BCUT2D eigenvalue weighted by molar-refractivity contribution is 5.93. The van der Waals surface area contributed by atoms with Crippen LogP contribution in [0.4, 0.5) is 11.4 Å². The largest absolute Gasteiger partial charge is 0.497 e. The van der Waals surface area contributed by atoms with E-state index in [1.165, 1.54) is 24.4 Å². The molecule has 2 N–H and O–H groups in total. The van der Waals surface area contributed by atoms with Gasteiger partial charge in [-0.25, -0.2) is 5.43 Å². The van der Waals surface area contributed by atoms with Crippen LogP contribution in [0.15, 0.2) is 53.6 Å². The normalized spacial score (nSPS) is 10.4. The van der Waals surface area contributed by atoms with E-state index >= 15 is 0 Å². The predicted octanol–water partition coefficient (Wildman–Crippen LogP) is 2.47. The molecule has 2 aromatic rings. The van der Waals surface area contributed by atoms with E-state index in [-0.39, 0.29) is 24.4 Å². The summed E-state index contributed by atoms with van der Waals surface area (Å²) in [6.45, 7) is 0. The molecule has 0 aliphatic rings. The van der Waals surface area contributed by atoms with Crippen molar-refractivity contribution in [1.82, 2.24) is 5.43 Å². The summed E-state index contributed by atoms with van der Waals surface area (Å²) < 4.78 is 5.03. The van der Waals surface area contributed by atoms with Crippen molar-refractivity contribution >= 4 is 29.4 Å². The SMILES string of the molecule is COc1ccc(NC(=O)CCC(=O)N/N=C/c2cccc([N+](=O)[O-])c2)cc1. The molecule has 2 rings (SSSR count). The molecule has 9 heteroatoms. The lowest BCUT2D eigenvalue weighted by Crippen LogP contribution is -2.20. The number of hydrogen-bond donors (Lipinski definition) is 2. The number of methoxy groups -OCH3 is 1. The van der Waals surface area contributed by atoms with Crippen LogP contribution in [0.25, 0.3) is 0 Å². The summed E-state index contributed by atoms with van der Waals surface area (Å²) >= 11 is 0. The van der Waals surface area contributed by atoms with Crippen molar-refractivity contribution in [2.45, 2.75) is 12.8 Å². The van der Waals surface area contributed by atoms with Crippen molar-refractivity contribution in [3.8, 4) is 5.75 Å². The highest BCUT2D eigenvalue weighted by Crippen LogP contribution is 2.15. The number of nitro groups is 1. The number of nitrogens with zero attached hydrogens (tertiary/aromatic N) is 2. The molecule has 0 radical (unpaired) electrons. The highest BCUT2D eigenvalue weighted by atomic mass is 16.6. The van der Waals surface area contributed by atoms with Crippen LogP contribution < -0.4 is 15.5 Å². The average molecular weight is 370 g/mol. The maximum Gasteiger partial charge on any atom is 0.270 e. The number of amides is 2. The molecule has 0 aromatic heterocycles. The Bertz CT molecular complexity index is 849. The number of nitrogens with one attached hydrogen (secondary N) is 2. The number of hydrazone groups is 1. The Balaban J connectivity index is 1.75. The lowest BCUT2D eigenvalue weighted by Gasteiger charge is -2.06. The number of carbonyl (C=O) groups excluding carboxylic acids is 2. The van der Waals surface area contributed by atoms with Gasteiger partial charge in [0.05, 0.1) is 18.2 Å². The molecule has 2 amide bonds. The van der Waals surface area contributed by atoms with Crippen LogP contribution >= 0.6 is 0 Å². The Kier molecular flexibility index (Phi) is 7.00. The molecule has 140 valence electrons. The first-order chi connectivity index (χ1) is 13.0. The van der Waals surface area contributed by atoms with Gasteiger partial charge in [0.25, 0.3) is 5.69 Å². The summed E-state index contributed by atoms with van der Waals surface area (Å²) in [5, 5.41) is 17.1. The Morgan fingerprint density at radius 1 is 1.15 bits per heavy atom. The van der Waals surface area contributed by atoms with Crippen LogP contribution in [0, 0.1) is 10.1 Å². The molecule has 9 nitrogen and oxygen atoms in total. The van der Waals surface area contributed by atoms with Crippen molar-refractivity contribution in [3.63, 3.8) is 0 Å². The van der Waals surface area contributed by atoms with Crippen LogP contribution in [-0.4, -0.2) is 30.1 Å². The third-order valence-electron chi connectivity index (χ3n) is 3.44. The van der Waals surface area contributed by atoms with E-state index in [0.29, 0.717) is 17.0 Å². The number of nitro benzene ring substituents is 1. The van der Waals surface area contributed by atoms with Gasteiger partial charge < -0.3 is 10.1 Å². The minimum Gasteiger partial charge on any atom is -0.497 e. The Labute approximate surface area is 155 Å². The lowest BCUT2D eigenvalue weighted by molar-refractivity contribution is -0.384. The summed E-state index contributed by atoms with van der Waals surface area (Å²) in [6, 6.07) is 12.6. The molecule has 0 spiro atoms. The van der Waals surface area contributed by atoms with Gasteiger partial charge in [-0.2, -0.15) is 5.10 Å². The smallest absolute Gasteiger partial charge is 0.270 e. The van der Waals surface area contributed by atoms with E-state index in [1.54, 1.807) is 37.4 Å². The van der Waals surface area contributed by atoms with Gasteiger partial charge >= 0.3 is 0 Å². The molecule has 27 heavy (non-hydrogen) atoms. The predicted molar refractivity (Wildman–Crippen MR) is 99.7 cm³/mol. The molecule has 0 saturated heterocycles. The van der Waals surface area contributed by atoms with Crippen LogP contribution in [0.5, 0.6) is 5.75 Å². The third-order valence-corrected chi connectivity index (χ3v) is 3.44.